The highest BCUT2D eigenvalue weighted by atomic mass is 35.5. The van der Waals surface area contributed by atoms with Crippen LogP contribution in [-0.4, -0.2) is 58.2 Å². The molecule has 4 rings (SSSR count). The molecule has 12 heteroatoms. The Morgan fingerprint density at radius 1 is 1.02 bits per heavy atom. The summed E-state index contributed by atoms with van der Waals surface area (Å²) in [5.41, 5.74) is 5.02. The van der Waals surface area contributed by atoms with E-state index < -0.39 is 52.5 Å². The number of hydrogen-bond donors (Lipinski definition) is 4. The Morgan fingerprint density at radius 2 is 1.65 bits per heavy atom. The third kappa shape index (κ3) is 6.35. The van der Waals surface area contributed by atoms with E-state index in [1.165, 1.54) is 0 Å². The van der Waals surface area contributed by atoms with Crippen LogP contribution in [0, 0.1) is 16.7 Å². The third-order valence-electron chi connectivity index (χ3n) is 9.31. The quantitative estimate of drug-likeness (QED) is 0.324. The van der Waals surface area contributed by atoms with Gasteiger partial charge < -0.3 is 26.4 Å². The van der Waals surface area contributed by atoms with Gasteiger partial charge in [0.25, 0.3) is 5.91 Å². The molecule has 4 atom stereocenters. The summed E-state index contributed by atoms with van der Waals surface area (Å²) in [6, 6.07) is 9.44. The van der Waals surface area contributed by atoms with Gasteiger partial charge in [0, 0.05) is 24.6 Å². The van der Waals surface area contributed by atoms with Crippen molar-refractivity contribution < 1.29 is 29.1 Å². The molecule has 1 saturated carbocycles. The van der Waals surface area contributed by atoms with Crippen molar-refractivity contribution in [2.45, 2.75) is 65.0 Å². The first-order valence-corrected chi connectivity index (χ1v) is 14.9. The lowest BCUT2D eigenvalue weighted by Gasteiger charge is -2.43. The zero-order valence-corrected chi connectivity index (χ0v) is 25.8. The molecule has 0 radical (unpaired) electrons. The number of primary amides is 1. The molecule has 2 aromatic carbocycles. The Bertz CT molecular complexity index is 1430. The van der Waals surface area contributed by atoms with Gasteiger partial charge in [0.05, 0.1) is 21.0 Å². The van der Waals surface area contributed by atoms with E-state index in [2.05, 4.69) is 10.6 Å². The van der Waals surface area contributed by atoms with Crippen molar-refractivity contribution in [1.82, 2.24) is 10.2 Å². The van der Waals surface area contributed by atoms with Crippen LogP contribution < -0.4 is 16.4 Å². The van der Waals surface area contributed by atoms with Gasteiger partial charge in [-0.05, 0) is 60.9 Å². The van der Waals surface area contributed by atoms with Crippen molar-refractivity contribution in [2.24, 2.45) is 22.5 Å². The van der Waals surface area contributed by atoms with Gasteiger partial charge in [-0.25, -0.2) is 4.79 Å². The van der Waals surface area contributed by atoms with Crippen LogP contribution in [0.2, 0.25) is 10.0 Å². The van der Waals surface area contributed by atoms with Gasteiger partial charge in [-0.1, -0.05) is 62.2 Å². The van der Waals surface area contributed by atoms with Crippen molar-refractivity contribution in [1.29, 1.82) is 0 Å². The molecule has 1 saturated heterocycles. The number of rotatable bonds is 9. The number of carboxylic acid groups (broad SMARTS) is 1. The fourth-order valence-electron chi connectivity index (χ4n) is 6.31. The second-order valence-electron chi connectivity index (χ2n) is 12.1. The number of hydrogen-bond acceptors (Lipinski definition) is 5. The number of carbonyl (C=O) groups is 5. The Hall–Kier alpha value is -3.63. The SMILES string of the molecule is CC1(C)[C@@H](C(=O)N[C@@H](Cc2ccc(NC(=O)c3c(Cl)cccc3Cl)cc2)C(=O)O)CC[C@@]1(C)C(=O)N1CCC[C@H]1C(N)=O. The lowest BCUT2D eigenvalue weighted by atomic mass is 9.64. The molecule has 2 fully saturated rings. The van der Waals surface area contributed by atoms with E-state index in [4.69, 9.17) is 28.9 Å². The minimum atomic E-state index is -1.22. The third-order valence-corrected chi connectivity index (χ3v) is 9.94. The van der Waals surface area contributed by atoms with Crippen LogP contribution in [0.3, 0.4) is 0 Å². The fourth-order valence-corrected chi connectivity index (χ4v) is 6.87. The smallest absolute Gasteiger partial charge is 0.326 e. The van der Waals surface area contributed by atoms with E-state index in [0.717, 1.165) is 0 Å². The highest BCUT2D eigenvalue weighted by Crippen LogP contribution is 2.57. The normalized spacial score (nSPS) is 23.4. The first-order chi connectivity index (χ1) is 20.2. The van der Waals surface area contributed by atoms with E-state index in [1.54, 1.807) is 47.4 Å². The highest BCUT2D eigenvalue weighted by molar-refractivity contribution is 6.40. The lowest BCUT2D eigenvalue weighted by Crippen LogP contribution is -2.55. The predicted octanol–water partition coefficient (Wildman–Crippen LogP) is 4.28. The molecule has 5 N–H and O–H groups in total. The molecule has 2 aliphatic rings. The Morgan fingerprint density at radius 3 is 2.23 bits per heavy atom. The summed E-state index contributed by atoms with van der Waals surface area (Å²) in [5.74, 6) is -3.49. The number of halogens is 2. The van der Waals surface area contributed by atoms with Gasteiger partial charge in [0.1, 0.15) is 12.1 Å². The summed E-state index contributed by atoms with van der Waals surface area (Å²) >= 11 is 12.2. The van der Waals surface area contributed by atoms with Gasteiger partial charge in [0.2, 0.25) is 17.7 Å². The number of aliphatic carboxylic acids is 1. The lowest BCUT2D eigenvalue weighted by molar-refractivity contribution is -0.152. The summed E-state index contributed by atoms with van der Waals surface area (Å²) < 4.78 is 0. The number of carboxylic acids is 1. The van der Waals surface area contributed by atoms with Crippen LogP contribution in [0.5, 0.6) is 0 Å². The van der Waals surface area contributed by atoms with Crippen LogP contribution >= 0.6 is 23.2 Å². The molecule has 0 spiro atoms. The number of benzene rings is 2. The molecular formula is C31H36Cl2N4O6. The number of amides is 4. The minimum Gasteiger partial charge on any atom is -0.480 e. The Kier molecular flexibility index (Phi) is 9.42. The average molecular weight is 632 g/mol. The second kappa shape index (κ2) is 12.5. The van der Waals surface area contributed by atoms with E-state index >= 15 is 0 Å². The monoisotopic (exact) mass is 630 g/mol. The molecule has 0 aromatic heterocycles. The molecule has 10 nitrogen and oxygen atoms in total. The van der Waals surface area contributed by atoms with Crippen LogP contribution in [0.1, 0.15) is 62.4 Å². The second-order valence-corrected chi connectivity index (χ2v) is 12.9. The van der Waals surface area contributed by atoms with Gasteiger partial charge in [0.15, 0.2) is 0 Å². The number of carbonyl (C=O) groups excluding carboxylic acids is 4. The largest absolute Gasteiger partial charge is 0.480 e. The molecule has 0 bridgehead atoms. The summed E-state index contributed by atoms with van der Waals surface area (Å²) in [6.45, 7) is 5.94. The maximum Gasteiger partial charge on any atom is 0.326 e. The van der Waals surface area contributed by atoms with Gasteiger partial charge in [-0.3, -0.25) is 19.2 Å². The number of likely N-dealkylation sites (tertiary alicyclic amines) is 1. The van der Waals surface area contributed by atoms with E-state index in [1.807, 2.05) is 20.8 Å². The molecule has 230 valence electrons. The number of nitrogens with two attached hydrogens (primary N) is 1. The molecule has 1 aliphatic carbocycles. The van der Waals surface area contributed by atoms with Crippen LogP contribution in [0.25, 0.3) is 0 Å². The summed E-state index contributed by atoms with van der Waals surface area (Å²) in [6.07, 6.45) is 2.02. The van der Waals surface area contributed by atoms with Crippen molar-refractivity contribution >= 4 is 58.5 Å². The minimum absolute atomic E-state index is 0.00303. The van der Waals surface area contributed by atoms with Gasteiger partial charge >= 0.3 is 5.97 Å². The average Bonchev–Trinajstić information content (AvgIpc) is 3.52. The van der Waals surface area contributed by atoms with Crippen LogP contribution in [0.4, 0.5) is 5.69 Å². The standard InChI is InChI=1S/C31H36Cl2N4O6/c1-30(2)19(13-14-31(30,3)29(43)37-15-5-8-23(37)25(34)38)26(39)36-22(28(41)42)16-17-9-11-18(12-10-17)35-27(40)24-20(32)6-4-7-21(24)33/h4,6-7,9-12,19,22-23H,5,8,13-16H2,1-3H3,(H2,34,38)(H,35,40)(H,36,39)(H,41,42)/t19-,22+,23+,31+/m1/s1. The molecule has 43 heavy (non-hydrogen) atoms. The number of nitrogens with one attached hydrogen (secondary N) is 2. The zero-order chi connectivity index (χ0) is 31.7. The molecule has 4 amide bonds. The summed E-state index contributed by atoms with van der Waals surface area (Å²) in [4.78, 5) is 65.5. The molecule has 1 heterocycles. The van der Waals surface area contributed by atoms with Crippen molar-refractivity contribution in [3.8, 4) is 0 Å². The van der Waals surface area contributed by atoms with Crippen LogP contribution in [-0.2, 0) is 25.6 Å². The highest BCUT2D eigenvalue weighted by Gasteiger charge is 2.60. The molecule has 0 unspecified atom stereocenters. The maximum absolute atomic E-state index is 13.7. The fraction of sp³-hybridized carbons (Fsp3) is 0.452. The van der Waals surface area contributed by atoms with Crippen molar-refractivity contribution in [3.05, 3.63) is 63.6 Å². The maximum atomic E-state index is 13.7. The topological polar surface area (TPSA) is 159 Å². The van der Waals surface area contributed by atoms with Crippen molar-refractivity contribution in [2.75, 3.05) is 11.9 Å². The first kappa shape index (κ1) is 32.3. The van der Waals surface area contributed by atoms with Crippen LogP contribution in [0.15, 0.2) is 42.5 Å². The van der Waals surface area contributed by atoms with Gasteiger partial charge in [-0.2, -0.15) is 0 Å². The van der Waals surface area contributed by atoms with E-state index in [0.29, 0.717) is 43.5 Å². The molecule has 2 aromatic rings. The summed E-state index contributed by atoms with van der Waals surface area (Å²) in [5, 5.41) is 15.7. The molecule has 1 aliphatic heterocycles. The number of nitrogens with zero attached hydrogens (tertiary/aromatic N) is 1. The zero-order valence-electron chi connectivity index (χ0n) is 24.3. The Balaban J connectivity index is 1.42. The van der Waals surface area contributed by atoms with E-state index in [-0.39, 0.29) is 27.9 Å². The predicted molar refractivity (Wildman–Crippen MR) is 163 cm³/mol. The van der Waals surface area contributed by atoms with Gasteiger partial charge in [-0.15, -0.1) is 0 Å². The summed E-state index contributed by atoms with van der Waals surface area (Å²) in [7, 11) is 0. The Labute approximate surface area is 260 Å². The molecular weight excluding hydrogens is 595 g/mol. The van der Waals surface area contributed by atoms with Crippen molar-refractivity contribution in [3.63, 3.8) is 0 Å². The van der Waals surface area contributed by atoms with E-state index in [9.17, 15) is 29.1 Å². The first-order valence-electron chi connectivity index (χ1n) is 14.1. The number of anilines is 1.